The molecule has 0 saturated carbocycles. The molecule has 0 amide bonds. The Balaban J connectivity index is -0.000000122. The summed E-state index contributed by atoms with van der Waals surface area (Å²) in [4.78, 5) is 0. The van der Waals surface area contributed by atoms with Gasteiger partial charge in [0.1, 0.15) is 0 Å². The number of hydrogen-bond acceptors (Lipinski definition) is 0. The van der Waals surface area contributed by atoms with E-state index < -0.39 is 13.3 Å². The van der Waals surface area contributed by atoms with E-state index in [1.54, 1.807) is 0 Å². The van der Waals surface area contributed by atoms with Gasteiger partial charge in [0, 0.05) is 0 Å². The van der Waals surface area contributed by atoms with Crippen LogP contribution < -0.4 is 0 Å². The Kier molecular flexibility index (Phi) is 28.2. The Morgan fingerprint density at radius 3 is 1.24 bits per heavy atom. The average molecular weight is 489 g/mol. The van der Waals surface area contributed by atoms with Crippen molar-refractivity contribution in [3.8, 4) is 0 Å². The van der Waals surface area contributed by atoms with Gasteiger partial charge in [0.25, 0.3) is 0 Å². The van der Waals surface area contributed by atoms with Crippen LogP contribution in [-0.2, 0) is 26.2 Å². The summed E-state index contributed by atoms with van der Waals surface area (Å²) in [5.74, 6) is 7.20. The van der Waals surface area contributed by atoms with Crippen LogP contribution in [0.5, 0.6) is 0 Å². The first-order valence-electron chi connectivity index (χ1n) is 9.33. The molecule has 0 aromatic carbocycles. The SMILES string of the molecule is CCC(C)[NH-].CCC(C)[NH-].CCC(C)[NH-].[CH3][Ge]([CH3])([CH3])[C]1=[C-]CC=C1.[Zr+4]. The van der Waals surface area contributed by atoms with E-state index in [1.807, 2.05) is 41.5 Å². The minimum absolute atomic E-state index is 0. The molecule has 5 heteroatoms. The average Bonchev–Trinajstić information content (AvgIpc) is 3.03. The quantitative estimate of drug-likeness (QED) is 0.283. The predicted molar refractivity (Wildman–Crippen MR) is 116 cm³/mol. The van der Waals surface area contributed by atoms with E-state index in [1.165, 1.54) is 4.41 Å². The minimum atomic E-state index is -1.46. The molecule has 1 rings (SSSR count). The first-order chi connectivity index (χ1) is 10.9. The molecule has 0 aromatic heterocycles. The van der Waals surface area contributed by atoms with Gasteiger partial charge in [-0.15, -0.1) is 18.1 Å². The Hall–Kier alpha value is 0.786. The molecule has 25 heavy (non-hydrogen) atoms. The summed E-state index contributed by atoms with van der Waals surface area (Å²) in [5.41, 5.74) is 20.5. The Morgan fingerprint density at radius 1 is 0.880 bits per heavy atom. The third kappa shape index (κ3) is 32.9. The summed E-state index contributed by atoms with van der Waals surface area (Å²) < 4.78 is 1.54. The van der Waals surface area contributed by atoms with Crippen LogP contribution >= 0.6 is 0 Å². The second-order valence-electron chi connectivity index (χ2n) is 7.37. The van der Waals surface area contributed by atoms with Gasteiger partial charge in [-0.3, -0.25) is 0 Å². The van der Waals surface area contributed by atoms with Crippen molar-refractivity contribution in [3.05, 3.63) is 39.8 Å². The Morgan fingerprint density at radius 2 is 1.16 bits per heavy atom. The van der Waals surface area contributed by atoms with E-state index in [0.717, 1.165) is 25.7 Å². The first kappa shape index (κ1) is 33.4. The zero-order chi connectivity index (χ0) is 19.8. The number of hydrogen-bond donors (Lipinski definition) is 0. The smallest absolute Gasteiger partial charge is 4.00 e. The molecule has 3 nitrogen and oxygen atoms in total. The van der Waals surface area contributed by atoms with Crippen LogP contribution in [0.15, 0.2) is 16.6 Å². The van der Waals surface area contributed by atoms with Gasteiger partial charge in [0.05, 0.1) is 0 Å². The molecule has 3 atom stereocenters. The molecule has 3 unspecified atom stereocenters. The molecule has 0 radical (unpaired) electrons. The maximum Gasteiger partial charge on any atom is 4.00 e. The van der Waals surface area contributed by atoms with E-state index in [-0.39, 0.29) is 44.3 Å². The van der Waals surface area contributed by atoms with Gasteiger partial charge in [-0.1, -0.05) is 60.8 Å². The maximum absolute atomic E-state index is 6.83. The van der Waals surface area contributed by atoms with Crippen molar-refractivity contribution in [2.24, 2.45) is 0 Å². The van der Waals surface area contributed by atoms with Crippen molar-refractivity contribution in [2.45, 2.75) is 103 Å². The Bertz CT molecular complexity index is 300. The Labute approximate surface area is 181 Å². The van der Waals surface area contributed by atoms with Gasteiger partial charge in [0.2, 0.25) is 0 Å². The molecule has 0 saturated heterocycles. The molecule has 0 aliphatic heterocycles. The second kappa shape index (κ2) is 21.1. The summed E-state index contributed by atoms with van der Waals surface area (Å²) in [6.07, 6.45) is 11.8. The fourth-order valence-electron chi connectivity index (χ4n) is 0.920. The van der Waals surface area contributed by atoms with Crippen molar-refractivity contribution >= 4 is 13.3 Å². The van der Waals surface area contributed by atoms with Gasteiger partial charge >= 0.3 is 85.8 Å². The van der Waals surface area contributed by atoms with Gasteiger partial charge in [-0.2, -0.15) is 0 Å². The molecule has 0 fully saturated rings. The minimum Gasteiger partial charge on any atom is 4.00 e. The zero-order valence-electron chi connectivity index (χ0n) is 18.2. The van der Waals surface area contributed by atoms with Gasteiger partial charge in [-0.05, 0) is 0 Å². The van der Waals surface area contributed by atoms with Crippen LogP contribution in [0.25, 0.3) is 17.2 Å². The third-order valence-electron chi connectivity index (χ3n) is 3.34. The van der Waals surface area contributed by atoms with Crippen LogP contribution in [0.2, 0.25) is 17.3 Å². The van der Waals surface area contributed by atoms with Gasteiger partial charge < -0.3 is 17.2 Å². The molecule has 0 heterocycles. The molecule has 1 aliphatic carbocycles. The summed E-state index contributed by atoms with van der Waals surface area (Å²) in [6, 6.07) is 0.403. The monoisotopic (exact) mass is 489 g/mol. The summed E-state index contributed by atoms with van der Waals surface area (Å²) in [6.45, 7) is 11.7. The molecular weight excluding hydrogens is 446 g/mol. The molecule has 1 aliphatic rings. The number of nitrogens with one attached hydrogen (secondary N) is 3. The summed E-state index contributed by atoms with van der Waals surface area (Å²) in [5, 5.41) is 0. The van der Waals surface area contributed by atoms with E-state index in [2.05, 4.69) is 35.5 Å². The number of rotatable bonds is 4. The van der Waals surface area contributed by atoms with Crippen molar-refractivity contribution in [1.29, 1.82) is 0 Å². The van der Waals surface area contributed by atoms with E-state index in [0.29, 0.717) is 0 Å². The van der Waals surface area contributed by atoms with Crippen LogP contribution in [-0.4, -0.2) is 31.4 Å². The maximum atomic E-state index is 6.83. The van der Waals surface area contributed by atoms with Gasteiger partial charge in [-0.25, -0.2) is 0 Å². The van der Waals surface area contributed by atoms with E-state index in [9.17, 15) is 0 Å². The molecule has 0 spiro atoms. The normalized spacial score (nSPS) is 15.6. The fraction of sp³-hybridized carbons (Fsp3) is 0.800. The molecule has 3 N–H and O–H groups in total. The zero-order valence-corrected chi connectivity index (χ0v) is 22.8. The summed E-state index contributed by atoms with van der Waals surface area (Å²) >= 11 is -1.46. The van der Waals surface area contributed by atoms with Crippen molar-refractivity contribution in [2.75, 3.05) is 0 Å². The third-order valence-corrected chi connectivity index (χ3v) is 7.45. The van der Waals surface area contributed by atoms with Crippen molar-refractivity contribution in [1.82, 2.24) is 0 Å². The first-order valence-corrected chi connectivity index (χ1v) is 16.7. The van der Waals surface area contributed by atoms with Crippen LogP contribution in [0.1, 0.15) is 67.2 Å². The number of allylic oxidation sites excluding steroid dienone is 4. The summed E-state index contributed by atoms with van der Waals surface area (Å²) in [7, 11) is 0. The molecular formula is C20H43GeN3Zr. The standard InChI is InChI=1S/C8H13Ge.3C4H10N.Zr/c1-9(2,3)8-6-4-5-7-8;3*1-3-4(2)5;/h4,6H,5H2,1-3H3;3*4-5H,3H2,1-2H3;/q4*-1;+4. The predicted octanol–water partition coefficient (Wildman–Crippen LogP) is 8.06. The van der Waals surface area contributed by atoms with Crippen LogP contribution in [0.3, 0.4) is 0 Å². The molecule has 0 bridgehead atoms. The van der Waals surface area contributed by atoms with Crippen LogP contribution in [0.4, 0.5) is 0 Å². The topological polar surface area (TPSA) is 71.4 Å². The fourth-order valence-corrected chi connectivity index (χ4v) is 3.54. The van der Waals surface area contributed by atoms with Crippen LogP contribution in [0, 0.1) is 6.08 Å². The van der Waals surface area contributed by atoms with Crippen molar-refractivity contribution in [3.63, 3.8) is 0 Å². The molecule has 0 aromatic rings. The van der Waals surface area contributed by atoms with E-state index in [4.69, 9.17) is 17.2 Å². The van der Waals surface area contributed by atoms with Gasteiger partial charge in [0.15, 0.2) is 0 Å². The molecule has 146 valence electrons. The second-order valence-corrected chi connectivity index (χ2v) is 17.9. The van der Waals surface area contributed by atoms with Crippen molar-refractivity contribution < 1.29 is 26.2 Å². The largest absolute Gasteiger partial charge is 4.00 e. The van der Waals surface area contributed by atoms with E-state index >= 15 is 0 Å².